The minimum Gasteiger partial charge on any atom is -0.502 e. The fraction of sp³-hybridized carbons (Fsp3) is 0.143. The molecule has 0 spiro atoms. The first kappa shape index (κ1) is 16.7. The molecule has 9 heteroatoms. The third-order valence-electron chi connectivity index (χ3n) is 2.91. The summed E-state index contributed by atoms with van der Waals surface area (Å²) in [5, 5.41) is 22.8. The summed E-state index contributed by atoms with van der Waals surface area (Å²) < 4.78 is 32.4. The monoisotopic (exact) mass is 337 g/mol. The van der Waals surface area contributed by atoms with Gasteiger partial charge in [0.2, 0.25) is 15.8 Å². The van der Waals surface area contributed by atoms with E-state index in [9.17, 15) is 13.5 Å². The Kier molecular flexibility index (Phi) is 4.82. The number of azo groups is 1. The third kappa shape index (κ3) is 3.96. The lowest BCUT2D eigenvalue weighted by Crippen LogP contribution is -2.11. The predicted molar refractivity (Wildman–Crippen MR) is 83.2 cm³/mol. The van der Waals surface area contributed by atoms with Gasteiger partial charge in [-0.05, 0) is 24.3 Å². The van der Waals surface area contributed by atoms with Crippen LogP contribution in [0.1, 0.15) is 0 Å². The standard InChI is InChI=1S/C14H15N3O5S/c1-21-12-7-10(8-13(22-2)14(12)18)17-16-9-3-5-11(6-4-9)23(15,19)20/h3-8,18H,1-2H3,(H2,15,19,20). The van der Waals surface area contributed by atoms with Crippen molar-refractivity contribution in [3.63, 3.8) is 0 Å². The second-order valence-electron chi connectivity index (χ2n) is 4.44. The number of hydrogen-bond acceptors (Lipinski definition) is 7. The van der Waals surface area contributed by atoms with Crippen molar-refractivity contribution in [3.8, 4) is 17.2 Å². The van der Waals surface area contributed by atoms with Crippen molar-refractivity contribution in [1.29, 1.82) is 0 Å². The van der Waals surface area contributed by atoms with Crippen LogP contribution in [0.2, 0.25) is 0 Å². The molecule has 0 aromatic heterocycles. The number of rotatable bonds is 5. The van der Waals surface area contributed by atoms with Gasteiger partial charge in [-0.1, -0.05) is 0 Å². The van der Waals surface area contributed by atoms with Crippen LogP contribution in [0, 0.1) is 0 Å². The summed E-state index contributed by atoms with van der Waals surface area (Å²) in [4.78, 5) is -0.00979. The fourth-order valence-electron chi connectivity index (χ4n) is 1.76. The maximum absolute atomic E-state index is 11.2. The topological polar surface area (TPSA) is 124 Å². The van der Waals surface area contributed by atoms with Crippen LogP contribution in [0.5, 0.6) is 17.2 Å². The van der Waals surface area contributed by atoms with Gasteiger partial charge in [-0.2, -0.15) is 10.2 Å². The summed E-state index contributed by atoms with van der Waals surface area (Å²) in [6, 6.07) is 8.58. The molecule has 2 aromatic carbocycles. The number of nitrogens with two attached hydrogens (primary N) is 1. The van der Waals surface area contributed by atoms with E-state index in [1.807, 2.05) is 0 Å². The maximum atomic E-state index is 11.2. The van der Waals surface area contributed by atoms with E-state index in [4.69, 9.17) is 14.6 Å². The molecule has 0 unspecified atom stereocenters. The van der Waals surface area contributed by atoms with E-state index < -0.39 is 10.0 Å². The highest BCUT2D eigenvalue weighted by atomic mass is 32.2. The van der Waals surface area contributed by atoms with Gasteiger partial charge in [-0.25, -0.2) is 13.6 Å². The molecule has 0 bridgehead atoms. The molecular formula is C14H15N3O5S. The van der Waals surface area contributed by atoms with Crippen LogP contribution in [-0.4, -0.2) is 27.7 Å². The maximum Gasteiger partial charge on any atom is 0.238 e. The van der Waals surface area contributed by atoms with Crippen LogP contribution in [0.3, 0.4) is 0 Å². The molecule has 8 nitrogen and oxygen atoms in total. The average molecular weight is 337 g/mol. The van der Waals surface area contributed by atoms with Gasteiger partial charge in [0.25, 0.3) is 0 Å². The highest BCUT2D eigenvalue weighted by Gasteiger charge is 2.11. The molecule has 0 saturated carbocycles. The summed E-state index contributed by atoms with van der Waals surface area (Å²) >= 11 is 0. The summed E-state index contributed by atoms with van der Waals surface area (Å²) in [6.45, 7) is 0. The van der Waals surface area contributed by atoms with Gasteiger partial charge in [0.05, 0.1) is 30.5 Å². The Labute approximate surface area is 133 Å². The van der Waals surface area contributed by atoms with Crippen molar-refractivity contribution < 1.29 is 23.0 Å². The Morgan fingerprint density at radius 3 is 1.87 bits per heavy atom. The lowest BCUT2D eigenvalue weighted by molar-refractivity contribution is 0.340. The highest BCUT2D eigenvalue weighted by molar-refractivity contribution is 7.89. The second-order valence-corrected chi connectivity index (χ2v) is 6.00. The molecule has 0 aliphatic carbocycles. The summed E-state index contributed by atoms with van der Waals surface area (Å²) in [7, 11) is -0.934. The van der Waals surface area contributed by atoms with Crippen molar-refractivity contribution in [2.75, 3.05) is 14.2 Å². The van der Waals surface area contributed by atoms with Crippen molar-refractivity contribution in [3.05, 3.63) is 36.4 Å². The van der Waals surface area contributed by atoms with E-state index in [0.29, 0.717) is 11.4 Å². The van der Waals surface area contributed by atoms with Crippen molar-refractivity contribution >= 4 is 21.4 Å². The summed E-state index contributed by atoms with van der Waals surface area (Å²) in [5.74, 6) is 0.261. The zero-order valence-corrected chi connectivity index (χ0v) is 13.2. The molecule has 0 heterocycles. The number of benzene rings is 2. The molecular weight excluding hydrogens is 322 g/mol. The van der Waals surface area contributed by atoms with Gasteiger partial charge in [-0.3, -0.25) is 0 Å². The highest BCUT2D eigenvalue weighted by Crippen LogP contribution is 2.40. The Hall–Kier alpha value is -2.65. The molecule has 0 saturated heterocycles. The van der Waals surface area contributed by atoms with Gasteiger partial charge < -0.3 is 14.6 Å². The largest absolute Gasteiger partial charge is 0.502 e. The van der Waals surface area contributed by atoms with E-state index >= 15 is 0 Å². The quantitative estimate of drug-likeness (QED) is 0.811. The molecule has 23 heavy (non-hydrogen) atoms. The first-order chi connectivity index (χ1) is 10.8. The van der Waals surface area contributed by atoms with Crippen LogP contribution in [0.4, 0.5) is 11.4 Å². The van der Waals surface area contributed by atoms with Crippen molar-refractivity contribution in [2.24, 2.45) is 15.4 Å². The number of methoxy groups -OCH3 is 2. The first-order valence-corrected chi connectivity index (χ1v) is 7.89. The molecule has 122 valence electrons. The Morgan fingerprint density at radius 1 is 0.957 bits per heavy atom. The zero-order chi connectivity index (χ0) is 17.0. The molecule has 3 N–H and O–H groups in total. The Bertz CT molecular complexity index is 807. The Morgan fingerprint density at radius 2 is 1.43 bits per heavy atom. The van der Waals surface area contributed by atoms with E-state index in [2.05, 4.69) is 10.2 Å². The zero-order valence-electron chi connectivity index (χ0n) is 12.4. The number of hydrogen-bond donors (Lipinski definition) is 2. The van der Waals surface area contributed by atoms with Gasteiger partial charge >= 0.3 is 0 Å². The van der Waals surface area contributed by atoms with Crippen LogP contribution >= 0.6 is 0 Å². The molecule has 2 aromatic rings. The third-order valence-corrected chi connectivity index (χ3v) is 3.84. The molecule has 0 aliphatic rings. The van der Waals surface area contributed by atoms with Crippen LogP contribution < -0.4 is 14.6 Å². The van der Waals surface area contributed by atoms with E-state index in [0.717, 1.165) is 0 Å². The smallest absolute Gasteiger partial charge is 0.238 e. The number of ether oxygens (including phenoxy) is 2. The minimum atomic E-state index is -3.74. The SMILES string of the molecule is COc1cc(N=Nc2ccc(S(N)(=O)=O)cc2)cc(OC)c1O. The molecule has 0 atom stereocenters. The molecule has 0 amide bonds. The normalized spacial score (nSPS) is 11.6. The molecule has 0 radical (unpaired) electrons. The van der Waals surface area contributed by atoms with E-state index in [1.165, 1.54) is 50.6 Å². The number of primary sulfonamides is 1. The number of nitrogens with zero attached hydrogens (tertiary/aromatic N) is 2. The molecule has 2 rings (SSSR count). The molecule has 0 aliphatic heterocycles. The van der Waals surface area contributed by atoms with E-state index in [1.54, 1.807) is 0 Å². The van der Waals surface area contributed by atoms with Crippen LogP contribution in [-0.2, 0) is 10.0 Å². The minimum absolute atomic E-state index is 0.00979. The lowest BCUT2D eigenvalue weighted by Gasteiger charge is -2.08. The number of phenols is 1. The van der Waals surface area contributed by atoms with Crippen molar-refractivity contribution in [2.45, 2.75) is 4.90 Å². The van der Waals surface area contributed by atoms with Gasteiger partial charge in [0.15, 0.2) is 11.5 Å². The predicted octanol–water partition coefficient (Wildman–Crippen LogP) is 2.47. The van der Waals surface area contributed by atoms with Crippen LogP contribution in [0.15, 0.2) is 51.5 Å². The van der Waals surface area contributed by atoms with E-state index in [-0.39, 0.29) is 22.1 Å². The number of phenolic OH excluding ortho intramolecular Hbond substituents is 1. The first-order valence-electron chi connectivity index (χ1n) is 6.34. The molecule has 0 fully saturated rings. The summed E-state index contributed by atoms with van der Waals surface area (Å²) in [6.07, 6.45) is 0. The number of sulfonamides is 1. The van der Waals surface area contributed by atoms with Crippen LogP contribution in [0.25, 0.3) is 0 Å². The average Bonchev–Trinajstić information content (AvgIpc) is 2.53. The van der Waals surface area contributed by atoms with Gasteiger partial charge in [0.1, 0.15) is 0 Å². The van der Waals surface area contributed by atoms with Gasteiger partial charge in [-0.15, -0.1) is 0 Å². The Balaban J connectivity index is 2.30. The van der Waals surface area contributed by atoms with Gasteiger partial charge in [0, 0.05) is 12.1 Å². The second kappa shape index (κ2) is 6.63. The van der Waals surface area contributed by atoms with Crippen molar-refractivity contribution in [1.82, 2.24) is 0 Å². The lowest BCUT2D eigenvalue weighted by atomic mass is 10.2. The number of aromatic hydroxyl groups is 1. The fourth-order valence-corrected chi connectivity index (χ4v) is 2.27. The summed E-state index contributed by atoms with van der Waals surface area (Å²) in [5.41, 5.74) is 0.829.